The number of nitrogens with one attached hydrogen (secondary N) is 1. The summed E-state index contributed by atoms with van der Waals surface area (Å²) >= 11 is 6.38. The van der Waals surface area contributed by atoms with Crippen LogP contribution >= 0.6 is 11.6 Å². The molecule has 2 rings (SSSR count). The van der Waals surface area contributed by atoms with Crippen molar-refractivity contribution in [1.82, 2.24) is 15.1 Å². The molecule has 114 valence electrons. The summed E-state index contributed by atoms with van der Waals surface area (Å²) in [5.41, 5.74) is 7.44. The summed E-state index contributed by atoms with van der Waals surface area (Å²) in [4.78, 5) is 0. The molecule has 0 amide bonds. The molecule has 4 heteroatoms. The molecule has 1 aromatic carbocycles. The van der Waals surface area contributed by atoms with Gasteiger partial charge < -0.3 is 5.32 Å². The van der Waals surface area contributed by atoms with Crippen LogP contribution in [0, 0.1) is 27.7 Å². The van der Waals surface area contributed by atoms with Gasteiger partial charge in [-0.3, -0.25) is 4.68 Å². The van der Waals surface area contributed by atoms with E-state index in [9.17, 15) is 0 Å². The summed E-state index contributed by atoms with van der Waals surface area (Å²) in [6.45, 7) is 8.51. The summed E-state index contributed by atoms with van der Waals surface area (Å²) in [6, 6.07) is 4.72. The van der Waals surface area contributed by atoms with Crippen molar-refractivity contribution in [1.29, 1.82) is 0 Å². The number of aromatic nitrogens is 2. The van der Waals surface area contributed by atoms with Crippen LogP contribution in [-0.4, -0.2) is 16.8 Å². The van der Waals surface area contributed by atoms with E-state index in [0.717, 1.165) is 22.8 Å². The lowest BCUT2D eigenvalue weighted by Crippen LogP contribution is -2.21. The Morgan fingerprint density at radius 3 is 2.19 bits per heavy atom. The summed E-state index contributed by atoms with van der Waals surface area (Å²) in [6.07, 6.45) is 0.847. The van der Waals surface area contributed by atoms with E-state index in [4.69, 9.17) is 11.6 Å². The predicted molar refractivity (Wildman–Crippen MR) is 89.1 cm³/mol. The molecule has 2 aromatic rings. The van der Waals surface area contributed by atoms with Gasteiger partial charge in [-0.15, -0.1) is 0 Å². The fourth-order valence-electron chi connectivity index (χ4n) is 3.20. The first-order valence-corrected chi connectivity index (χ1v) is 7.66. The fourth-order valence-corrected chi connectivity index (χ4v) is 3.45. The minimum atomic E-state index is 0.242. The van der Waals surface area contributed by atoms with Crippen LogP contribution in [0.25, 0.3) is 0 Å². The third-order valence-corrected chi connectivity index (χ3v) is 4.59. The van der Waals surface area contributed by atoms with Crippen molar-refractivity contribution in [3.8, 4) is 0 Å². The minimum absolute atomic E-state index is 0.242. The van der Waals surface area contributed by atoms with Gasteiger partial charge in [-0.1, -0.05) is 29.3 Å². The first kappa shape index (κ1) is 16.1. The second-order valence-corrected chi connectivity index (χ2v) is 6.19. The van der Waals surface area contributed by atoms with E-state index >= 15 is 0 Å². The van der Waals surface area contributed by atoms with Gasteiger partial charge in [0.05, 0.1) is 5.69 Å². The Hall–Kier alpha value is -1.32. The van der Waals surface area contributed by atoms with Gasteiger partial charge in [-0.05, 0) is 57.9 Å². The summed E-state index contributed by atoms with van der Waals surface area (Å²) < 4.78 is 1.74. The van der Waals surface area contributed by atoms with Gasteiger partial charge in [-0.25, -0.2) is 0 Å². The summed E-state index contributed by atoms with van der Waals surface area (Å²) in [7, 11) is 3.89. The average Bonchev–Trinajstić information content (AvgIpc) is 2.62. The van der Waals surface area contributed by atoms with Crippen LogP contribution in [0.4, 0.5) is 0 Å². The van der Waals surface area contributed by atoms with Crippen LogP contribution in [0.2, 0.25) is 5.15 Å². The Morgan fingerprint density at radius 2 is 1.76 bits per heavy atom. The number of rotatable bonds is 4. The number of halogens is 1. The van der Waals surface area contributed by atoms with Gasteiger partial charge in [0.15, 0.2) is 0 Å². The molecule has 1 atom stereocenters. The lowest BCUT2D eigenvalue weighted by Gasteiger charge is -2.22. The van der Waals surface area contributed by atoms with E-state index in [-0.39, 0.29) is 6.04 Å². The Morgan fingerprint density at radius 1 is 1.19 bits per heavy atom. The maximum Gasteiger partial charge on any atom is 0.130 e. The minimum Gasteiger partial charge on any atom is -0.313 e. The van der Waals surface area contributed by atoms with Crippen LogP contribution in [0.15, 0.2) is 12.1 Å². The van der Waals surface area contributed by atoms with Crippen LogP contribution in [0.3, 0.4) is 0 Å². The zero-order chi connectivity index (χ0) is 15.7. The van der Waals surface area contributed by atoms with Crippen molar-refractivity contribution in [2.45, 2.75) is 40.2 Å². The van der Waals surface area contributed by atoms with Gasteiger partial charge in [-0.2, -0.15) is 5.10 Å². The Kier molecular flexibility index (Phi) is 4.74. The van der Waals surface area contributed by atoms with Gasteiger partial charge in [0, 0.05) is 18.7 Å². The molecule has 21 heavy (non-hydrogen) atoms. The van der Waals surface area contributed by atoms with Gasteiger partial charge in [0.1, 0.15) is 5.15 Å². The molecule has 0 spiro atoms. The Labute approximate surface area is 132 Å². The van der Waals surface area contributed by atoms with E-state index in [2.05, 4.69) is 43.3 Å². The monoisotopic (exact) mass is 305 g/mol. The number of likely N-dealkylation sites (N-methyl/N-ethyl adjacent to an activating group) is 1. The standard InChI is InChI=1S/C17H24ClN3/c1-10-7-11(2)16(12(3)8-10)15(19-5)9-14-13(4)20-21(6)17(14)18/h7-8,15,19H,9H2,1-6H3. The highest BCUT2D eigenvalue weighted by molar-refractivity contribution is 6.30. The van der Waals surface area contributed by atoms with E-state index in [1.807, 2.05) is 21.0 Å². The maximum absolute atomic E-state index is 6.38. The molecule has 0 aliphatic rings. The molecule has 1 heterocycles. The molecule has 0 saturated carbocycles. The van der Waals surface area contributed by atoms with Crippen LogP contribution < -0.4 is 5.32 Å². The topological polar surface area (TPSA) is 29.9 Å². The lowest BCUT2D eigenvalue weighted by atomic mass is 9.90. The number of nitrogens with zero attached hydrogens (tertiary/aromatic N) is 2. The number of hydrogen-bond donors (Lipinski definition) is 1. The smallest absolute Gasteiger partial charge is 0.130 e. The van der Waals surface area contributed by atoms with E-state index in [0.29, 0.717) is 0 Å². The van der Waals surface area contributed by atoms with Gasteiger partial charge in [0.2, 0.25) is 0 Å². The second-order valence-electron chi connectivity index (χ2n) is 5.84. The predicted octanol–water partition coefficient (Wildman–Crippen LogP) is 3.81. The largest absolute Gasteiger partial charge is 0.313 e. The number of benzene rings is 1. The fraction of sp³-hybridized carbons (Fsp3) is 0.471. The highest BCUT2D eigenvalue weighted by Gasteiger charge is 2.20. The second kappa shape index (κ2) is 6.20. The van der Waals surface area contributed by atoms with Crippen molar-refractivity contribution in [3.05, 3.63) is 50.8 Å². The molecule has 0 radical (unpaired) electrons. The molecule has 1 N–H and O–H groups in total. The van der Waals surface area contributed by atoms with Crippen molar-refractivity contribution < 1.29 is 0 Å². The van der Waals surface area contributed by atoms with E-state index < -0.39 is 0 Å². The molecular formula is C17H24ClN3. The molecule has 0 aliphatic carbocycles. The lowest BCUT2D eigenvalue weighted by molar-refractivity contribution is 0.584. The third-order valence-electron chi connectivity index (χ3n) is 4.11. The molecule has 1 aromatic heterocycles. The Bertz CT molecular complexity index is 635. The van der Waals surface area contributed by atoms with Crippen molar-refractivity contribution in [2.24, 2.45) is 7.05 Å². The zero-order valence-corrected chi connectivity index (χ0v) is 14.5. The first-order valence-electron chi connectivity index (χ1n) is 7.28. The third kappa shape index (κ3) is 3.14. The number of hydrogen-bond acceptors (Lipinski definition) is 2. The van der Waals surface area contributed by atoms with E-state index in [1.165, 1.54) is 22.3 Å². The van der Waals surface area contributed by atoms with Crippen molar-refractivity contribution in [3.63, 3.8) is 0 Å². The maximum atomic E-state index is 6.38. The van der Waals surface area contributed by atoms with Gasteiger partial charge >= 0.3 is 0 Å². The zero-order valence-electron chi connectivity index (χ0n) is 13.7. The number of aryl methyl sites for hydroxylation is 5. The summed E-state index contributed by atoms with van der Waals surface area (Å²) in [5, 5.41) is 8.58. The molecule has 0 fully saturated rings. The van der Waals surface area contributed by atoms with Gasteiger partial charge in [0.25, 0.3) is 0 Å². The highest BCUT2D eigenvalue weighted by atomic mass is 35.5. The Balaban J connectivity index is 2.41. The van der Waals surface area contributed by atoms with Crippen molar-refractivity contribution >= 4 is 11.6 Å². The molecule has 1 unspecified atom stereocenters. The van der Waals surface area contributed by atoms with Crippen LogP contribution in [0.5, 0.6) is 0 Å². The normalized spacial score (nSPS) is 12.7. The quantitative estimate of drug-likeness (QED) is 0.931. The average molecular weight is 306 g/mol. The van der Waals surface area contributed by atoms with E-state index in [1.54, 1.807) is 4.68 Å². The first-order chi connectivity index (χ1) is 9.85. The molecule has 0 bridgehead atoms. The molecular weight excluding hydrogens is 282 g/mol. The molecule has 0 saturated heterocycles. The van der Waals surface area contributed by atoms with Crippen LogP contribution in [-0.2, 0) is 13.5 Å². The molecule has 3 nitrogen and oxygen atoms in total. The molecule has 0 aliphatic heterocycles. The summed E-state index contributed by atoms with van der Waals surface area (Å²) in [5.74, 6) is 0. The SMILES string of the molecule is CNC(Cc1c(C)nn(C)c1Cl)c1c(C)cc(C)cc1C. The highest BCUT2D eigenvalue weighted by Crippen LogP contribution is 2.29. The van der Waals surface area contributed by atoms with Crippen molar-refractivity contribution in [2.75, 3.05) is 7.05 Å². The van der Waals surface area contributed by atoms with Crippen LogP contribution in [0.1, 0.15) is 39.6 Å².